The molecule has 0 radical (unpaired) electrons. The topological polar surface area (TPSA) is 27.7 Å². The van der Waals surface area contributed by atoms with Crippen LogP contribution in [-0.4, -0.2) is 28.6 Å². The molecule has 1 unspecified atom stereocenters. The fourth-order valence-corrected chi connectivity index (χ4v) is 6.24. The Morgan fingerprint density at radius 2 is 1.50 bits per heavy atom. The molecule has 4 heteroatoms. The lowest BCUT2D eigenvalue weighted by Gasteiger charge is -2.36. The lowest BCUT2D eigenvalue weighted by molar-refractivity contribution is 0.0598. The molecule has 1 rings (SSSR count). The van der Waals surface area contributed by atoms with Crippen LogP contribution in [0.25, 0.3) is 5.57 Å². The lowest BCUT2D eigenvalue weighted by atomic mass is 10.0. The van der Waals surface area contributed by atoms with Crippen molar-refractivity contribution in [2.75, 3.05) is 19.8 Å². The highest BCUT2D eigenvalue weighted by Gasteiger charge is 2.48. The van der Waals surface area contributed by atoms with Gasteiger partial charge in [0.25, 0.3) is 0 Å². The van der Waals surface area contributed by atoms with Gasteiger partial charge in [0.2, 0.25) is 0 Å². The van der Waals surface area contributed by atoms with Crippen molar-refractivity contribution in [3.63, 3.8) is 0 Å². The van der Waals surface area contributed by atoms with Crippen LogP contribution in [0.2, 0.25) is 5.54 Å². The van der Waals surface area contributed by atoms with E-state index < -0.39 is 8.80 Å². The van der Waals surface area contributed by atoms with Gasteiger partial charge in [-0.15, -0.1) is 0 Å². The second kappa shape index (κ2) is 11.6. The molecule has 0 heterocycles. The van der Waals surface area contributed by atoms with Gasteiger partial charge in [-0.25, -0.2) is 0 Å². The minimum Gasteiger partial charge on any atom is -0.374 e. The van der Waals surface area contributed by atoms with Gasteiger partial charge in [-0.1, -0.05) is 56.7 Å². The first-order valence-corrected chi connectivity index (χ1v) is 11.1. The summed E-state index contributed by atoms with van der Waals surface area (Å²) in [6.07, 6.45) is 4.21. The van der Waals surface area contributed by atoms with Crippen molar-refractivity contribution < 1.29 is 13.3 Å². The molecule has 136 valence electrons. The molecule has 1 aromatic carbocycles. The zero-order valence-electron chi connectivity index (χ0n) is 15.8. The molecule has 0 amide bonds. The van der Waals surface area contributed by atoms with Crippen molar-refractivity contribution in [3.8, 4) is 0 Å². The third-order valence-corrected chi connectivity index (χ3v) is 7.68. The summed E-state index contributed by atoms with van der Waals surface area (Å²) in [5.41, 5.74) is 2.57. The zero-order chi connectivity index (χ0) is 17.8. The molecule has 0 spiro atoms. The first kappa shape index (κ1) is 21.1. The molecule has 0 saturated heterocycles. The zero-order valence-corrected chi connectivity index (χ0v) is 16.8. The summed E-state index contributed by atoms with van der Waals surface area (Å²) in [5, 5.41) is 0. The minimum atomic E-state index is -2.72. The van der Waals surface area contributed by atoms with E-state index in [1.54, 1.807) is 0 Å². The van der Waals surface area contributed by atoms with Crippen LogP contribution in [0.4, 0.5) is 0 Å². The highest BCUT2D eigenvalue weighted by Crippen LogP contribution is 2.38. The highest BCUT2D eigenvalue weighted by atomic mass is 28.4. The molecule has 0 aliphatic rings. The molecule has 3 nitrogen and oxygen atoms in total. The van der Waals surface area contributed by atoms with Crippen LogP contribution in [-0.2, 0) is 13.3 Å². The number of hydrogen-bond donors (Lipinski definition) is 0. The normalized spacial score (nSPS) is 13.0. The van der Waals surface area contributed by atoms with Gasteiger partial charge < -0.3 is 13.3 Å². The third kappa shape index (κ3) is 6.17. The Labute approximate surface area is 149 Å². The van der Waals surface area contributed by atoms with Gasteiger partial charge in [-0.05, 0) is 44.7 Å². The molecular weight excluding hydrogens is 316 g/mol. The van der Waals surface area contributed by atoms with E-state index in [1.165, 1.54) is 5.56 Å². The Balaban J connectivity index is 3.03. The van der Waals surface area contributed by atoms with Crippen molar-refractivity contribution >= 4 is 14.4 Å². The summed E-state index contributed by atoms with van der Waals surface area (Å²) >= 11 is 0. The minimum absolute atomic E-state index is 0.255. The quantitative estimate of drug-likeness (QED) is 0.427. The van der Waals surface area contributed by atoms with E-state index in [-0.39, 0.29) is 5.54 Å². The number of unbranched alkanes of at least 4 members (excludes halogenated alkanes) is 1. The number of hydrogen-bond acceptors (Lipinski definition) is 3. The molecule has 0 aliphatic carbocycles. The van der Waals surface area contributed by atoms with Gasteiger partial charge >= 0.3 is 8.80 Å². The van der Waals surface area contributed by atoms with E-state index in [9.17, 15) is 0 Å². The van der Waals surface area contributed by atoms with E-state index in [0.717, 1.165) is 31.3 Å². The Bertz CT molecular complexity index is 444. The van der Waals surface area contributed by atoms with Crippen LogP contribution >= 0.6 is 0 Å². The van der Waals surface area contributed by atoms with Crippen molar-refractivity contribution in [2.45, 2.75) is 58.9 Å². The molecule has 0 N–H and O–H groups in total. The fourth-order valence-electron chi connectivity index (χ4n) is 3.03. The summed E-state index contributed by atoms with van der Waals surface area (Å²) in [6, 6.07) is 10.4. The first-order chi connectivity index (χ1) is 11.6. The molecule has 0 aromatic heterocycles. The monoisotopic (exact) mass is 350 g/mol. The average Bonchev–Trinajstić information content (AvgIpc) is 2.59. The number of allylic oxidation sites excluding steroid dienone is 1. The van der Waals surface area contributed by atoms with Crippen LogP contribution < -0.4 is 0 Å². The molecule has 0 fully saturated rings. The van der Waals surface area contributed by atoms with Crippen LogP contribution in [0.5, 0.6) is 0 Å². The third-order valence-electron chi connectivity index (χ3n) is 4.12. The number of benzene rings is 1. The van der Waals surface area contributed by atoms with Gasteiger partial charge in [0, 0.05) is 25.4 Å². The highest BCUT2D eigenvalue weighted by molar-refractivity contribution is 6.62. The van der Waals surface area contributed by atoms with E-state index in [0.29, 0.717) is 19.8 Å². The van der Waals surface area contributed by atoms with Crippen LogP contribution in [0.15, 0.2) is 36.9 Å². The van der Waals surface area contributed by atoms with E-state index in [4.69, 9.17) is 13.3 Å². The van der Waals surface area contributed by atoms with Crippen molar-refractivity contribution in [1.82, 2.24) is 0 Å². The van der Waals surface area contributed by atoms with Crippen LogP contribution in [0, 0.1) is 0 Å². The second-order valence-electron chi connectivity index (χ2n) is 5.92. The van der Waals surface area contributed by atoms with Crippen LogP contribution in [0.3, 0.4) is 0 Å². The van der Waals surface area contributed by atoms with Gasteiger partial charge in [-0.2, -0.15) is 0 Å². The summed E-state index contributed by atoms with van der Waals surface area (Å²) in [7, 11) is -2.72. The van der Waals surface area contributed by atoms with Gasteiger partial charge in [0.15, 0.2) is 0 Å². The first-order valence-electron chi connectivity index (χ1n) is 9.28. The van der Waals surface area contributed by atoms with Crippen LogP contribution in [0.1, 0.15) is 58.9 Å². The molecule has 1 aromatic rings. The molecule has 0 bridgehead atoms. The Morgan fingerprint density at radius 3 is 1.96 bits per heavy atom. The average molecular weight is 351 g/mol. The molecule has 1 atom stereocenters. The molecule has 0 aliphatic heterocycles. The maximum atomic E-state index is 6.16. The predicted molar refractivity (Wildman–Crippen MR) is 104 cm³/mol. The Hall–Kier alpha value is -0.943. The molecular formula is C20H34O3Si. The van der Waals surface area contributed by atoms with Crippen molar-refractivity contribution in [1.29, 1.82) is 0 Å². The smallest absolute Gasteiger partial charge is 0.374 e. The standard InChI is InChI=1S/C20H34O3Si/c1-6-10-16-20(17-18(5)19-14-12-11-13-15-19)24(21-7-2,22-8-3)23-9-4/h11-15,20H,5-10,16-17H2,1-4H3. The number of rotatable bonds is 13. The largest absolute Gasteiger partial charge is 0.504 e. The Kier molecular flexibility index (Phi) is 10.2. The summed E-state index contributed by atoms with van der Waals surface area (Å²) in [4.78, 5) is 0. The maximum absolute atomic E-state index is 6.16. The van der Waals surface area contributed by atoms with Gasteiger partial charge in [0.1, 0.15) is 0 Å². The maximum Gasteiger partial charge on any atom is 0.504 e. The second-order valence-corrected chi connectivity index (χ2v) is 8.81. The fraction of sp³-hybridized carbons (Fsp3) is 0.600. The Morgan fingerprint density at radius 1 is 0.958 bits per heavy atom. The van der Waals surface area contributed by atoms with E-state index in [1.807, 2.05) is 26.8 Å². The van der Waals surface area contributed by atoms with E-state index >= 15 is 0 Å². The van der Waals surface area contributed by atoms with Gasteiger partial charge in [0.05, 0.1) is 0 Å². The van der Waals surface area contributed by atoms with E-state index in [2.05, 4.69) is 37.8 Å². The summed E-state index contributed by atoms with van der Waals surface area (Å²) in [5.74, 6) is 0. The molecule has 24 heavy (non-hydrogen) atoms. The molecule has 0 saturated carbocycles. The van der Waals surface area contributed by atoms with Crippen molar-refractivity contribution in [2.24, 2.45) is 0 Å². The lowest BCUT2D eigenvalue weighted by Crippen LogP contribution is -2.50. The summed E-state index contributed by atoms with van der Waals surface area (Å²) in [6.45, 7) is 14.4. The SMILES string of the molecule is C=C(CC(CCCC)[Si](OCC)(OCC)OCC)c1ccccc1. The van der Waals surface area contributed by atoms with Crippen molar-refractivity contribution in [3.05, 3.63) is 42.5 Å². The predicted octanol–water partition coefficient (Wildman–Crippen LogP) is 5.70. The summed E-state index contributed by atoms with van der Waals surface area (Å²) < 4.78 is 18.5. The van der Waals surface area contributed by atoms with Gasteiger partial charge in [-0.3, -0.25) is 0 Å².